The monoisotopic (exact) mass is 430 g/mol. The van der Waals surface area contributed by atoms with Crippen LogP contribution in [0.1, 0.15) is 47.5 Å². The molecule has 0 aromatic carbocycles. The van der Waals surface area contributed by atoms with Crippen molar-refractivity contribution < 1.29 is 37.6 Å². The van der Waals surface area contributed by atoms with Crippen LogP contribution in [-0.4, -0.2) is 99.4 Å². The number of nitrogens with zero attached hydrogens (tertiary/aromatic N) is 1. The number of quaternary nitrogens is 1. The molecule has 0 N–H and O–H groups in total. The van der Waals surface area contributed by atoms with Crippen LogP contribution in [0.25, 0.3) is 0 Å². The Morgan fingerprint density at radius 3 is 2.27 bits per heavy atom. The van der Waals surface area contributed by atoms with Gasteiger partial charge in [0, 0.05) is 6.42 Å². The Balaban J connectivity index is 1.29. The Morgan fingerprint density at radius 2 is 1.53 bits per heavy atom. The highest BCUT2D eigenvalue weighted by Gasteiger charge is 2.60. The quantitative estimate of drug-likeness (QED) is 0.431. The zero-order chi connectivity index (χ0) is 21.4. The maximum absolute atomic E-state index is 6.21. The van der Waals surface area contributed by atoms with Gasteiger partial charge in [-0.2, -0.15) is 0 Å². The highest BCUT2D eigenvalue weighted by atomic mass is 16.9. The summed E-state index contributed by atoms with van der Waals surface area (Å²) in [4.78, 5) is 0. The fraction of sp³-hybridized carbons (Fsp3) is 1.00. The van der Waals surface area contributed by atoms with Crippen molar-refractivity contribution in [1.82, 2.24) is 0 Å². The van der Waals surface area contributed by atoms with E-state index in [2.05, 4.69) is 6.92 Å². The number of morpholine rings is 1. The summed E-state index contributed by atoms with van der Waals surface area (Å²) in [5.41, 5.74) is 0. The van der Waals surface area contributed by atoms with Crippen LogP contribution in [0.3, 0.4) is 0 Å². The molecule has 0 unspecified atom stereocenters. The fourth-order valence-corrected chi connectivity index (χ4v) is 5.29. The normalized spacial score (nSPS) is 38.9. The summed E-state index contributed by atoms with van der Waals surface area (Å²) in [6.45, 7) is 17.4. The van der Waals surface area contributed by atoms with Crippen molar-refractivity contribution in [1.29, 1.82) is 0 Å². The first-order chi connectivity index (χ1) is 14.2. The van der Waals surface area contributed by atoms with Gasteiger partial charge in [-0.15, -0.1) is 0 Å². The van der Waals surface area contributed by atoms with Crippen molar-refractivity contribution in [2.45, 2.75) is 89.7 Å². The molecule has 0 saturated carbocycles. The first-order valence-corrected chi connectivity index (χ1v) is 11.6. The lowest BCUT2D eigenvalue weighted by molar-refractivity contribution is -0.935. The summed E-state index contributed by atoms with van der Waals surface area (Å²) in [5, 5.41) is 0. The molecule has 0 bridgehead atoms. The molecule has 174 valence electrons. The van der Waals surface area contributed by atoms with Crippen LogP contribution in [0.15, 0.2) is 0 Å². The van der Waals surface area contributed by atoms with E-state index in [1.807, 2.05) is 27.7 Å². The summed E-state index contributed by atoms with van der Waals surface area (Å²) >= 11 is 0. The largest absolute Gasteiger partial charge is 0.378 e. The molecule has 4 aliphatic heterocycles. The van der Waals surface area contributed by atoms with Crippen LogP contribution in [-0.2, 0) is 33.2 Å². The van der Waals surface area contributed by atoms with E-state index in [-0.39, 0.29) is 24.4 Å². The van der Waals surface area contributed by atoms with Crippen LogP contribution >= 0.6 is 0 Å². The van der Waals surface area contributed by atoms with Gasteiger partial charge in [-0.05, 0) is 34.1 Å². The first-order valence-electron chi connectivity index (χ1n) is 11.6. The summed E-state index contributed by atoms with van der Waals surface area (Å²) in [6.07, 6.45) is 0.799. The first kappa shape index (κ1) is 22.9. The van der Waals surface area contributed by atoms with Crippen LogP contribution in [0, 0.1) is 0 Å². The molecule has 4 heterocycles. The molecule has 0 radical (unpaired) electrons. The van der Waals surface area contributed by atoms with Crippen molar-refractivity contribution in [3.05, 3.63) is 0 Å². The molecular formula is C22H40NO7+. The summed E-state index contributed by atoms with van der Waals surface area (Å²) in [6, 6.07) is 0. The van der Waals surface area contributed by atoms with Crippen LogP contribution in [0.2, 0.25) is 0 Å². The molecule has 0 amide bonds. The van der Waals surface area contributed by atoms with E-state index >= 15 is 0 Å². The maximum Gasteiger partial charge on any atom is 0.190 e. The third kappa shape index (κ3) is 5.02. The average Bonchev–Trinajstić information content (AvgIpc) is 3.16. The summed E-state index contributed by atoms with van der Waals surface area (Å²) < 4.78 is 43.3. The van der Waals surface area contributed by atoms with E-state index in [0.717, 1.165) is 43.8 Å². The standard InChI is InChI=1S/C22H40NO7/c1-6-8-23(10-13-24-14-11-23)9-7-12-25-15-16-17-18(28-21(2,3)27-17)19-20(26-16)30-22(4,5)29-19/h16-20H,6-15H2,1-5H3/q+1/t16-,17+,18+,19-,20-/m1/s1. The molecule has 0 aromatic rings. The van der Waals surface area contributed by atoms with Gasteiger partial charge in [-0.1, -0.05) is 6.92 Å². The molecule has 8 heteroatoms. The molecule has 4 aliphatic rings. The minimum Gasteiger partial charge on any atom is -0.378 e. The SMILES string of the molecule is CCC[N+]1(CCCOC[C@H]2O[C@@H]3OC(C)(C)O[C@@H]3[C@H]3OC(C)(C)O[C@H]32)CCOCC1. The molecule has 5 atom stereocenters. The topological polar surface area (TPSA) is 64.6 Å². The van der Waals surface area contributed by atoms with Crippen LogP contribution < -0.4 is 0 Å². The fourth-order valence-electron chi connectivity index (χ4n) is 5.29. The second-order valence-electron chi connectivity index (χ2n) is 9.98. The van der Waals surface area contributed by atoms with E-state index in [4.69, 9.17) is 33.2 Å². The Hall–Kier alpha value is -0.320. The average molecular weight is 431 g/mol. The van der Waals surface area contributed by atoms with Gasteiger partial charge in [0.2, 0.25) is 0 Å². The molecule has 0 aromatic heterocycles. The van der Waals surface area contributed by atoms with E-state index < -0.39 is 17.9 Å². The molecular weight excluding hydrogens is 390 g/mol. The second-order valence-corrected chi connectivity index (χ2v) is 9.98. The number of fused-ring (bicyclic) bond motifs is 3. The number of hydrogen-bond acceptors (Lipinski definition) is 7. The Morgan fingerprint density at radius 1 is 0.867 bits per heavy atom. The van der Waals surface area contributed by atoms with Gasteiger partial charge in [0.05, 0.1) is 39.5 Å². The lowest BCUT2D eigenvalue weighted by Gasteiger charge is -2.41. The minimum absolute atomic E-state index is 0.221. The Labute approximate surface area is 180 Å². The minimum atomic E-state index is -0.694. The number of rotatable bonds is 8. The lowest BCUT2D eigenvalue weighted by atomic mass is 9.99. The van der Waals surface area contributed by atoms with Crippen molar-refractivity contribution in [3.8, 4) is 0 Å². The highest BCUT2D eigenvalue weighted by molar-refractivity contribution is 5.00. The van der Waals surface area contributed by atoms with E-state index in [0.29, 0.717) is 13.2 Å². The maximum atomic E-state index is 6.21. The van der Waals surface area contributed by atoms with E-state index in [1.165, 1.54) is 13.0 Å². The number of hydrogen-bond donors (Lipinski definition) is 0. The summed E-state index contributed by atoms with van der Waals surface area (Å²) in [5.74, 6) is -1.37. The number of ether oxygens (including phenoxy) is 7. The molecule has 4 rings (SSSR count). The predicted octanol–water partition coefficient (Wildman–Crippen LogP) is 2.05. The highest BCUT2D eigenvalue weighted by Crippen LogP contribution is 2.44. The lowest BCUT2D eigenvalue weighted by Crippen LogP contribution is -2.56. The Bertz CT molecular complexity index is 572. The van der Waals surface area contributed by atoms with Crippen LogP contribution in [0.4, 0.5) is 0 Å². The van der Waals surface area contributed by atoms with Gasteiger partial charge < -0.3 is 37.6 Å². The molecule has 30 heavy (non-hydrogen) atoms. The van der Waals surface area contributed by atoms with E-state index in [1.54, 1.807) is 0 Å². The van der Waals surface area contributed by atoms with E-state index in [9.17, 15) is 0 Å². The summed E-state index contributed by atoms with van der Waals surface area (Å²) in [7, 11) is 0. The third-order valence-corrected chi connectivity index (χ3v) is 6.57. The zero-order valence-corrected chi connectivity index (χ0v) is 19.3. The molecule has 0 spiro atoms. The van der Waals surface area contributed by atoms with Gasteiger partial charge in [0.25, 0.3) is 0 Å². The van der Waals surface area contributed by atoms with Gasteiger partial charge in [0.15, 0.2) is 17.9 Å². The zero-order valence-electron chi connectivity index (χ0n) is 19.3. The van der Waals surface area contributed by atoms with Gasteiger partial charge >= 0.3 is 0 Å². The second kappa shape index (κ2) is 8.90. The molecule has 4 fully saturated rings. The predicted molar refractivity (Wildman–Crippen MR) is 109 cm³/mol. The van der Waals surface area contributed by atoms with Gasteiger partial charge in [0.1, 0.15) is 37.5 Å². The van der Waals surface area contributed by atoms with Crippen molar-refractivity contribution in [2.24, 2.45) is 0 Å². The van der Waals surface area contributed by atoms with Gasteiger partial charge in [-0.3, -0.25) is 0 Å². The van der Waals surface area contributed by atoms with Crippen molar-refractivity contribution >= 4 is 0 Å². The molecule has 8 nitrogen and oxygen atoms in total. The molecule has 4 saturated heterocycles. The van der Waals surface area contributed by atoms with Crippen LogP contribution in [0.5, 0.6) is 0 Å². The third-order valence-electron chi connectivity index (χ3n) is 6.57. The van der Waals surface area contributed by atoms with Crippen molar-refractivity contribution in [3.63, 3.8) is 0 Å². The smallest absolute Gasteiger partial charge is 0.190 e. The van der Waals surface area contributed by atoms with Crippen molar-refractivity contribution in [2.75, 3.05) is 52.6 Å². The van der Waals surface area contributed by atoms with Gasteiger partial charge in [-0.25, -0.2) is 0 Å². The molecule has 0 aliphatic carbocycles. The Kier molecular flexibility index (Phi) is 6.78.